The molecular weight excluding hydrogens is 354 g/mol. The molecule has 0 aromatic heterocycles. The summed E-state index contributed by atoms with van der Waals surface area (Å²) in [5.41, 5.74) is 1.53. The van der Waals surface area contributed by atoms with Gasteiger partial charge >= 0.3 is 5.97 Å². The normalized spacial score (nSPS) is 13.6. The molecule has 0 amide bonds. The number of fused-ring (bicyclic) bond motifs is 1. The van der Waals surface area contributed by atoms with E-state index in [2.05, 4.69) is 0 Å². The lowest BCUT2D eigenvalue weighted by Gasteiger charge is -2.20. The second-order valence-corrected chi connectivity index (χ2v) is 7.55. The van der Waals surface area contributed by atoms with Crippen LogP contribution in [0.5, 0.6) is 5.75 Å². The van der Waals surface area contributed by atoms with Gasteiger partial charge in [0.25, 0.3) is 10.0 Å². The molecule has 3 rings (SSSR count). The van der Waals surface area contributed by atoms with E-state index >= 15 is 0 Å². The van der Waals surface area contributed by atoms with Crippen LogP contribution in [0.3, 0.4) is 0 Å². The fraction of sp³-hybridized carbons (Fsp3) is 0.188. The molecule has 0 atom stereocenters. The number of hydrogen-bond acceptors (Lipinski definition) is 4. The first-order valence-electron chi connectivity index (χ1n) is 7.14. The number of anilines is 1. The fourth-order valence-corrected chi connectivity index (χ4v) is 4.21. The summed E-state index contributed by atoms with van der Waals surface area (Å²) in [6.45, 7) is -0.126. The highest BCUT2D eigenvalue weighted by Crippen LogP contribution is 2.35. The van der Waals surface area contributed by atoms with E-state index in [0.29, 0.717) is 29.4 Å². The number of rotatable bonds is 5. The van der Waals surface area contributed by atoms with Crippen molar-refractivity contribution in [2.45, 2.75) is 11.3 Å². The number of carboxylic acid groups (broad SMARTS) is 1. The number of halogens is 1. The molecule has 126 valence electrons. The summed E-state index contributed by atoms with van der Waals surface area (Å²) in [5, 5.41) is 9.06. The molecular formula is C16H14ClNO5S. The smallest absolute Gasteiger partial charge is 0.341 e. The zero-order chi connectivity index (χ0) is 17.3. The maximum Gasteiger partial charge on any atom is 0.341 e. The Morgan fingerprint density at radius 3 is 2.58 bits per heavy atom. The van der Waals surface area contributed by atoms with E-state index in [1.165, 1.54) is 28.6 Å². The number of carbonyl (C=O) groups is 1. The van der Waals surface area contributed by atoms with Crippen molar-refractivity contribution in [2.24, 2.45) is 0 Å². The number of carboxylic acids is 1. The number of ether oxygens (including phenoxy) is 1. The van der Waals surface area contributed by atoms with Gasteiger partial charge in [0, 0.05) is 11.6 Å². The molecule has 8 heteroatoms. The van der Waals surface area contributed by atoms with Crippen LogP contribution in [0, 0.1) is 0 Å². The van der Waals surface area contributed by atoms with Gasteiger partial charge in [0.05, 0.1) is 10.6 Å². The van der Waals surface area contributed by atoms with Gasteiger partial charge in [-0.1, -0.05) is 17.7 Å². The number of nitrogens with zero attached hydrogens (tertiary/aromatic N) is 1. The van der Waals surface area contributed by atoms with E-state index in [4.69, 9.17) is 21.4 Å². The third kappa shape index (κ3) is 3.18. The van der Waals surface area contributed by atoms with Crippen LogP contribution in [0.25, 0.3) is 0 Å². The molecule has 0 saturated carbocycles. The molecule has 0 aliphatic carbocycles. The van der Waals surface area contributed by atoms with Gasteiger partial charge in [-0.15, -0.1) is 0 Å². The largest absolute Gasteiger partial charge is 0.482 e. The van der Waals surface area contributed by atoms with Gasteiger partial charge in [-0.3, -0.25) is 4.31 Å². The van der Waals surface area contributed by atoms with Crippen LogP contribution in [0.2, 0.25) is 5.02 Å². The lowest BCUT2D eigenvalue weighted by Crippen LogP contribution is -2.29. The Hall–Kier alpha value is -2.25. The van der Waals surface area contributed by atoms with E-state index in [9.17, 15) is 13.2 Å². The predicted octanol–water partition coefficient (Wildman–Crippen LogP) is 2.55. The molecule has 1 heterocycles. The Labute approximate surface area is 144 Å². The standard InChI is InChI=1S/C16H14ClNO5S/c17-12-2-1-11-7-8-18(15(11)9-12)24(21,22)14-5-3-13(4-6-14)23-10-16(19)20/h1-6,9H,7-8,10H2,(H,19,20). The Morgan fingerprint density at radius 2 is 1.92 bits per heavy atom. The first-order valence-corrected chi connectivity index (χ1v) is 8.95. The van der Waals surface area contributed by atoms with E-state index in [1.807, 2.05) is 6.07 Å². The quantitative estimate of drug-likeness (QED) is 0.878. The van der Waals surface area contributed by atoms with Crippen molar-refractivity contribution in [3.8, 4) is 5.75 Å². The molecule has 2 aromatic rings. The Kier molecular flexibility index (Phi) is 4.38. The molecule has 6 nitrogen and oxygen atoms in total. The fourth-order valence-electron chi connectivity index (χ4n) is 2.55. The van der Waals surface area contributed by atoms with Gasteiger partial charge in [-0.05, 0) is 48.4 Å². The third-order valence-electron chi connectivity index (χ3n) is 3.67. The maximum atomic E-state index is 12.8. The monoisotopic (exact) mass is 367 g/mol. The van der Waals surface area contributed by atoms with Crippen molar-refractivity contribution in [1.29, 1.82) is 0 Å². The van der Waals surface area contributed by atoms with Crippen molar-refractivity contribution in [3.05, 3.63) is 53.1 Å². The Balaban J connectivity index is 1.87. The first kappa shape index (κ1) is 16.6. The van der Waals surface area contributed by atoms with E-state index in [1.54, 1.807) is 12.1 Å². The lowest BCUT2D eigenvalue weighted by atomic mass is 10.2. The second-order valence-electron chi connectivity index (χ2n) is 5.25. The van der Waals surface area contributed by atoms with Gasteiger partial charge < -0.3 is 9.84 Å². The SMILES string of the molecule is O=C(O)COc1ccc(S(=O)(=O)N2CCc3ccc(Cl)cc32)cc1. The molecule has 1 aliphatic heterocycles. The molecule has 2 aromatic carbocycles. The zero-order valence-corrected chi connectivity index (χ0v) is 14.0. The van der Waals surface area contributed by atoms with E-state index in [-0.39, 0.29) is 4.90 Å². The molecule has 0 saturated heterocycles. The van der Waals surface area contributed by atoms with Crippen LogP contribution >= 0.6 is 11.6 Å². The minimum absolute atomic E-state index is 0.109. The van der Waals surface area contributed by atoms with Crippen molar-refractivity contribution >= 4 is 33.3 Å². The summed E-state index contributed by atoms with van der Waals surface area (Å²) in [6, 6.07) is 10.9. The molecule has 0 unspecified atom stereocenters. The highest BCUT2D eigenvalue weighted by Gasteiger charge is 2.31. The van der Waals surface area contributed by atoms with Crippen LogP contribution in [0.4, 0.5) is 5.69 Å². The minimum atomic E-state index is -3.71. The Bertz CT molecular complexity index is 880. The highest BCUT2D eigenvalue weighted by atomic mass is 35.5. The summed E-state index contributed by atoms with van der Waals surface area (Å²) in [5.74, 6) is -0.807. The van der Waals surface area contributed by atoms with Crippen LogP contribution in [-0.4, -0.2) is 32.6 Å². The number of sulfonamides is 1. The van der Waals surface area contributed by atoms with Crippen LogP contribution in [0.1, 0.15) is 5.56 Å². The number of aliphatic carboxylic acids is 1. The number of hydrogen-bond donors (Lipinski definition) is 1. The Morgan fingerprint density at radius 1 is 1.21 bits per heavy atom. The molecule has 0 radical (unpaired) electrons. The zero-order valence-electron chi connectivity index (χ0n) is 12.5. The van der Waals surface area contributed by atoms with Crippen LogP contribution in [0.15, 0.2) is 47.4 Å². The average Bonchev–Trinajstić information content (AvgIpc) is 2.97. The van der Waals surface area contributed by atoms with Crippen molar-refractivity contribution in [1.82, 2.24) is 0 Å². The van der Waals surface area contributed by atoms with Gasteiger partial charge in [-0.2, -0.15) is 0 Å². The molecule has 24 heavy (non-hydrogen) atoms. The summed E-state index contributed by atoms with van der Waals surface area (Å²) < 4.78 is 32.0. The molecule has 0 spiro atoms. The summed E-state index contributed by atoms with van der Waals surface area (Å²) >= 11 is 5.98. The molecule has 0 fully saturated rings. The van der Waals surface area contributed by atoms with E-state index < -0.39 is 22.6 Å². The topological polar surface area (TPSA) is 83.9 Å². The van der Waals surface area contributed by atoms with Gasteiger partial charge in [0.2, 0.25) is 0 Å². The van der Waals surface area contributed by atoms with Gasteiger partial charge in [0.1, 0.15) is 5.75 Å². The van der Waals surface area contributed by atoms with Gasteiger partial charge in [0.15, 0.2) is 6.61 Å². The van der Waals surface area contributed by atoms with Crippen molar-refractivity contribution in [3.63, 3.8) is 0 Å². The van der Waals surface area contributed by atoms with Crippen LogP contribution < -0.4 is 9.04 Å². The number of benzene rings is 2. The minimum Gasteiger partial charge on any atom is -0.482 e. The van der Waals surface area contributed by atoms with Crippen molar-refractivity contribution in [2.75, 3.05) is 17.5 Å². The maximum absolute atomic E-state index is 12.8. The second kappa shape index (κ2) is 6.33. The average molecular weight is 368 g/mol. The molecule has 1 aliphatic rings. The highest BCUT2D eigenvalue weighted by molar-refractivity contribution is 7.92. The third-order valence-corrected chi connectivity index (χ3v) is 5.74. The lowest BCUT2D eigenvalue weighted by molar-refractivity contribution is -0.139. The summed E-state index contributed by atoms with van der Waals surface area (Å²) in [4.78, 5) is 10.6. The van der Waals surface area contributed by atoms with Gasteiger partial charge in [-0.25, -0.2) is 13.2 Å². The summed E-state index contributed by atoms with van der Waals surface area (Å²) in [7, 11) is -3.71. The summed E-state index contributed by atoms with van der Waals surface area (Å²) in [6.07, 6.45) is 0.630. The predicted molar refractivity (Wildman–Crippen MR) is 89.3 cm³/mol. The molecule has 1 N–H and O–H groups in total. The van der Waals surface area contributed by atoms with Crippen molar-refractivity contribution < 1.29 is 23.1 Å². The van der Waals surface area contributed by atoms with Crippen LogP contribution in [-0.2, 0) is 21.2 Å². The first-order chi connectivity index (χ1) is 11.4. The van der Waals surface area contributed by atoms with E-state index in [0.717, 1.165) is 5.56 Å². The molecule has 0 bridgehead atoms.